The number of aliphatic hydroxyl groups is 1. The normalized spacial score (nSPS) is 21.0. The molecule has 23 heavy (non-hydrogen) atoms. The Morgan fingerprint density at radius 1 is 1.43 bits per heavy atom. The van der Waals surface area contributed by atoms with E-state index in [2.05, 4.69) is 0 Å². The number of β-amino-alcohol motifs (C(OH)–C–C–N with tert-alkyl or cyclic N) is 1. The van der Waals surface area contributed by atoms with Crippen LogP contribution in [-0.2, 0) is 16.0 Å². The fourth-order valence-electron chi connectivity index (χ4n) is 2.70. The van der Waals surface area contributed by atoms with E-state index in [4.69, 9.17) is 10.5 Å². The average molecular weight is 320 g/mol. The molecule has 1 fully saturated rings. The van der Waals surface area contributed by atoms with Gasteiger partial charge in [-0.05, 0) is 37.0 Å². The summed E-state index contributed by atoms with van der Waals surface area (Å²) in [6, 6.07) is 7.42. The third kappa shape index (κ3) is 4.45. The molecule has 0 bridgehead atoms. The summed E-state index contributed by atoms with van der Waals surface area (Å²) in [7, 11) is 0. The van der Waals surface area contributed by atoms with E-state index in [-0.39, 0.29) is 18.9 Å². The SMILES string of the molecule is CCCOc1cccc(CC(=O)N2CCC[C@@](O)(C(N)=O)C2)c1. The Morgan fingerprint density at radius 2 is 2.22 bits per heavy atom. The average Bonchev–Trinajstić information content (AvgIpc) is 2.53. The van der Waals surface area contributed by atoms with Gasteiger partial charge in [0, 0.05) is 6.54 Å². The van der Waals surface area contributed by atoms with Crippen LogP contribution in [0.25, 0.3) is 0 Å². The van der Waals surface area contributed by atoms with E-state index < -0.39 is 11.5 Å². The molecule has 0 saturated carbocycles. The van der Waals surface area contributed by atoms with Crippen molar-refractivity contribution in [3.05, 3.63) is 29.8 Å². The summed E-state index contributed by atoms with van der Waals surface area (Å²) in [4.78, 5) is 25.3. The first-order valence-corrected chi connectivity index (χ1v) is 7.96. The van der Waals surface area contributed by atoms with E-state index in [1.165, 1.54) is 4.90 Å². The molecule has 1 aliphatic heterocycles. The minimum Gasteiger partial charge on any atom is -0.494 e. The Morgan fingerprint density at radius 3 is 2.91 bits per heavy atom. The van der Waals surface area contributed by atoms with E-state index in [9.17, 15) is 14.7 Å². The first kappa shape index (κ1) is 17.3. The van der Waals surface area contributed by atoms with Gasteiger partial charge in [-0.25, -0.2) is 0 Å². The van der Waals surface area contributed by atoms with Crippen LogP contribution in [0.4, 0.5) is 0 Å². The maximum absolute atomic E-state index is 12.4. The smallest absolute Gasteiger partial charge is 0.251 e. The lowest BCUT2D eigenvalue weighted by molar-refractivity contribution is -0.148. The molecule has 2 rings (SSSR count). The molecular formula is C17H24N2O4. The second kappa shape index (κ2) is 7.46. The summed E-state index contributed by atoms with van der Waals surface area (Å²) in [5.74, 6) is -0.161. The van der Waals surface area contributed by atoms with Gasteiger partial charge in [-0.2, -0.15) is 0 Å². The van der Waals surface area contributed by atoms with Gasteiger partial charge < -0.3 is 20.5 Å². The minimum atomic E-state index is -1.61. The van der Waals surface area contributed by atoms with Crippen LogP contribution in [0.3, 0.4) is 0 Å². The van der Waals surface area contributed by atoms with E-state index in [0.29, 0.717) is 26.0 Å². The topological polar surface area (TPSA) is 92.9 Å². The number of ether oxygens (including phenoxy) is 1. The third-order valence-corrected chi connectivity index (χ3v) is 4.01. The molecule has 0 unspecified atom stereocenters. The van der Waals surface area contributed by atoms with Crippen molar-refractivity contribution >= 4 is 11.8 Å². The van der Waals surface area contributed by atoms with Gasteiger partial charge in [0.15, 0.2) is 5.60 Å². The zero-order chi connectivity index (χ0) is 16.9. The number of nitrogens with zero attached hydrogens (tertiary/aromatic N) is 1. The van der Waals surface area contributed by atoms with Crippen molar-refractivity contribution in [2.45, 2.75) is 38.2 Å². The maximum Gasteiger partial charge on any atom is 0.251 e. The van der Waals surface area contributed by atoms with Crippen LogP contribution in [0.2, 0.25) is 0 Å². The van der Waals surface area contributed by atoms with Crippen molar-refractivity contribution in [2.24, 2.45) is 5.73 Å². The third-order valence-electron chi connectivity index (χ3n) is 4.01. The van der Waals surface area contributed by atoms with Gasteiger partial charge in [0.05, 0.1) is 19.6 Å². The van der Waals surface area contributed by atoms with E-state index in [1.807, 2.05) is 31.2 Å². The highest BCUT2D eigenvalue weighted by molar-refractivity contribution is 5.85. The summed E-state index contributed by atoms with van der Waals surface area (Å²) in [6.45, 7) is 3.16. The Bertz CT molecular complexity index is 575. The lowest BCUT2D eigenvalue weighted by Crippen LogP contribution is -2.57. The van der Waals surface area contributed by atoms with Crippen LogP contribution >= 0.6 is 0 Å². The van der Waals surface area contributed by atoms with Crippen LogP contribution in [0, 0.1) is 0 Å². The van der Waals surface area contributed by atoms with Gasteiger partial charge in [0.1, 0.15) is 5.75 Å². The van der Waals surface area contributed by atoms with Crippen LogP contribution < -0.4 is 10.5 Å². The monoisotopic (exact) mass is 320 g/mol. The Labute approximate surface area is 136 Å². The Hall–Kier alpha value is -2.08. The van der Waals surface area contributed by atoms with E-state index in [1.54, 1.807) is 0 Å². The lowest BCUT2D eigenvalue weighted by atomic mass is 9.92. The van der Waals surface area contributed by atoms with Crippen LogP contribution in [0.15, 0.2) is 24.3 Å². The quantitative estimate of drug-likeness (QED) is 0.813. The fraction of sp³-hybridized carbons (Fsp3) is 0.529. The number of rotatable bonds is 6. The highest BCUT2D eigenvalue weighted by Crippen LogP contribution is 2.22. The zero-order valence-corrected chi connectivity index (χ0v) is 13.5. The number of benzene rings is 1. The standard InChI is InChI=1S/C17H24N2O4/c1-2-9-23-14-6-3-5-13(10-14)11-15(20)19-8-4-7-17(22,12-19)16(18)21/h3,5-6,10,22H,2,4,7-9,11-12H2,1H3,(H2,18,21)/t17-/m0/s1. The number of hydrogen-bond donors (Lipinski definition) is 2. The lowest BCUT2D eigenvalue weighted by Gasteiger charge is -2.37. The van der Waals surface area contributed by atoms with Crippen LogP contribution in [0.5, 0.6) is 5.75 Å². The van der Waals surface area contributed by atoms with Crippen molar-refractivity contribution < 1.29 is 19.4 Å². The summed E-state index contributed by atoms with van der Waals surface area (Å²) < 4.78 is 5.56. The zero-order valence-electron chi connectivity index (χ0n) is 13.5. The number of carbonyl (C=O) groups is 2. The molecule has 1 aliphatic rings. The fourth-order valence-corrected chi connectivity index (χ4v) is 2.70. The number of carbonyl (C=O) groups excluding carboxylic acids is 2. The number of piperidine rings is 1. The first-order chi connectivity index (χ1) is 10.9. The van der Waals surface area contributed by atoms with Crippen molar-refractivity contribution in [3.63, 3.8) is 0 Å². The molecule has 1 saturated heterocycles. The molecule has 0 radical (unpaired) electrons. The van der Waals surface area contributed by atoms with Crippen LogP contribution in [0.1, 0.15) is 31.7 Å². The molecular weight excluding hydrogens is 296 g/mol. The molecule has 1 aromatic carbocycles. The van der Waals surface area contributed by atoms with Gasteiger partial charge in [0.2, 0.25) is 5.91 Å². The first-order valence-electron chi connectivity index (χ1n) is 7.96. The van der Waals surface area contributed by atoms with E-state index >= 15 is 0 Å². The number of hydrogen-bond acceptors (Lipinski definition) is 4. The van der Waals surface area contributed by atoms with Gasteiger partial charge in [0.25, 0.3) is 5.91 Å². The predicted octanol–water partition coefficient (Wildman–Crippen LogP) is 0.857. The second-order valence-corrected chi connectivity index (χ2v) is 5.99. The molecule has 1 atom stereocenters. The van der Waals surface area contributed by atoms with Gasteiger partial charge in [-0.3, -0.25) is 9.59 Å². The molecule has 3 N–H and O–H groups in total. The molecule has 1 heterocycles. The van der Waals surface area contributed by atoms with Crippen molar-refractivity contribution in [1.29, 1.82) is 0 Å². The number of amides is 2. The van der Waals surface area contributed by atoms with Gasteiger partial charge in [-0.15, -0.1) is 0 Å². The summed E-state index contributed by atoms with van der Waals surface area (Å²) in [6.07, 6.45) is 1.98. The summed E-state index contributed by atoms with van der Waals surface area (Å²) in [5.41, 5.74) is 4.47. The number of nitrogens with two attached hydrogens (primary N) is 1. The maximum atomic E-state index is 12.4. The van der Waals surface area contributed by atoms with Crippen molar-refractivity contribution in [3.8, 4) is 5.75 Å². The summed E-state index contributed by atoms with van der Waals surface area (Å²) in [5, 5.41) is 10.2. The molecule has 0 aromatic heterocycles. The molecule has 6 heteroatoms. The highest BCUT2D eigenvalue weighted by atomic mass is 16.5. The van der Waals surface area contributed by atoms with Crippen molar-refractivity contribution in [1.82, 2.24) is 4.90 Å². The van der Waals surface area contributed by atoms with Crippen molar-refractivity contribution in [2.75, 3.05) is 19.7 Å². The van der Waals surface area contributed by atoms with Gasteiger partial charge >= 0.3 is 0 Å². The molecule has 2 amide bonds. The minimum absolute atomic E-state index is 0.0345. The molecule has 1 aromatic rings. The predicted molar refractivity (Wildman–Crippen MR) is 85.9 cm³/mol. The number of likely N-dealkylation sites (tertiary alicyclic amines) is 1. The molecule has 0 spiro atoms. The Balaban J connectivity index is 2.00. The largest absolute Gasteiger partial charge is 0.494 e. The Kier molecular flexibility index (Phi) is 5.60. The van der Waals surface area contributed by atoms with Crippen LogP contribution in [-0.4, -0.2) is 47.1 Å². The van der Waals surface area contributed by atoms with E-state index in [0.717, 1.165) is 17.7 Å². The second-order valence-electron chi connectivity index (χ2n) is 5.99. The highest BCUT2D eigenvalue weighted by Gasteiger charge is 2.40. The molecule has 126 valence electrons. The summed E-state index contributed by atoms with van der Waals surface area (Å²) >= 11 is 0. The number of primary amides is 1. The molecule has 0 aliphatic carbocycles. The molecule has 6 nitrogen and oxygen atoms in total. The van der Waals surface area contributed by atoms with Gasteiger partial charge in [-0.1, -0.05) is 19.1 Å².